The Balaban J connectivity index is 1.49. The van der Waals surface area contributed by atoms with E-state index in [9.17, 15) is 26.7 Å². The third-order valence-electron chi connectivity index (χ3n) is 7.19. The Morgan fingerprint density at radius 2 is 1.65 bits per heavy atom. The number of fused-ring (bicyclic) bond motifs is 1. The fourth-order valence-electron chi connectivity index (χ4n) is 5.15. The van der Waals surface area contributed by atoms with Gasteiger partial charge >= 0.3 is 0 Å². The second kappa shape index (κ2) is 9.75. The summed E-state index contributed by atoms with van der Waals surface area (Å²) in [4.78, 5) is 24.9. The van der Waals surface area contributed by atoms with E-state index in [-0.39, 0.29) is 61.5 Å². The lowest BCUT2D eigenvalue weighted by atomic mass is 9.85. The van der Waals surface area contributed by atoms with E-state index >= 15 is 0 Å². The second-order valence-corrected chi connectivity index (χ2v) is 9.76. The zero-order valence-corrected chi connectivity index (χ0v) is 19.8. The van der Waals surface area contributed by atoms with Crippen molar-refractivity contribution in [3.63, 3.8) is 0 Å². The van der Waals surface area contributed by atoms with Crippen molar-refractivity contribution < 1.29 is 26.7 Å². The number of nitrogens with two attached hydrogens (primary N) is 1. The highest BCUT2D eigenvalue weighted by atomic mass is 19.3. The van der Waals surface area contributed by atoms with Crippen LogP contribution in [0, 0.1) is 23.4 Å². The molecule has 4 N–H and O–H groups in total. The number of carbonyl (C=O) groups is 1. The van der Waals surface area contributed by atoms with Gasteiger partial charge in [0.05, 0.1) is 6.20 Å². The zero-order chi connectivity index (χ0) is 26.3. The molecule has 2 aromatic heterocycles. The smallest absolute Gasteiger partial charge is 0.248 e. The number of primary amides is 1. The number of alkyl halides is 2. The van der Waals surface area contributed by atoms with Crippen molar-refractivity contribution in [1.82, 2.24) is 19.5 Å². The van der Waals surface area contributed by atoms with Crippen LogP contribution >= 0.6 is 0 Å². The van der Waals surface area contributed by atoms with Gasteiger partial charge in [-0.25, -0.2) is 31.9 Å². The molecule has 0 bridgehead atoms. The first-order valence-electron chi connectivity index (χ1n) is 12.2. The molecule has 37 heavy (non-hydrogen) atoms. The summed E-state index contributed by atoms with van der Waals surface area (Å²) in [5, 5.41) is 5.75. The molecule has 3 aromatic rings. The number of carbonyl (C=O) groups excluding carboxylic acids is 1. The number of nitrogens with zero attached hydrogens (tertiary/aromatic N) is 4. The maximum absolute atomic E-state index is 14.4. The summed E-state index contributed by atoms with van der Waals surface area (Å²) >= 11 is 0. The molecule has 2 aliphatic rings. The minimum atomic E-state index is -2.67. The van der Waals surface area contributed by atoms with Crippen LogP contribution in [0.25, 0.3) is 11.2 Å². The van der Waals surface area contributed by atoms with Crippen molar-refractivity contribution in [3.05, 3.63) is 35.8 Å². The first-order valence-corrected chi connectivity index (χ1v) is 12.2. The summed E-state index contributed by atoms with van der Waals surface area (Å²) in [7, 11) is 0. The molecule has 2 aliphatic carbocycles. The van der Waals surface area contributed by atoms with Crippen molar-refractivity contribution in [2.45, 2.75) is 69.4 Å². The van der Waals surface area contributed by atoms with Crippen molar-refractivity contribution in [3.8, 4) is 0 Å². The van der Waals surface area contributed by atoms with Crippen LogP contribution in [0.2, 0.25) is 0 Å². The van der Waals surface area contributed by atoms with Crippen LogP contribution in [0.1, 0.15) is 57.4 Å². The quantitative estimate of drug-likeness (QED) is 0.384. The maximum Gasteiger partial charge on any atom is 0.248 e. The van der Waals surface area contributed by atoms with Gasteiger partial charge in [-0.2, -0.15) is 4.98 Å². The highest BCUT2D eigenvalue weighted by Crippen LogP contribution is 2.38. The van der Waals surface area contributed by atoms with E-state index in [4.69, 9.17) is 5.73 Å². The van der Waals surface area contributed by atoms with Gasteiger partial charge in [0, 0.05) is 43.0 Å². The Hall–Kier alpha value is -3.51. The number of hydrogen-bond acceptors (Lipinski definition) is 6. The summed E-state index contributed by atoms with van der Waals surface area (Å²) in [6, 6.07) is 0.670. The first-order chi connectivity index (χ1) is 17.6. The molecule has 1 aromatic carbocycles. The molecular weight excluding hydrogens is 497 g/mol. The minimum Gasteiger partial charge on any atom is -0.369 e. The van der Waals surface area contributed by atoms with Crippen LogP contribution in [0.5, 0.6) is 0 Å². The van der Waals surface area contributed by atoms with Crippen LogP contribution in [0.4, 0.5) is 39.5 Å². The predicted octanol–water partition coefficient (Wildman–Crippen LogP) is 5.19. The van der Waals surface area contributed by atoms with Gasteiger partial charge in [-0.1, -0.05) is 0 Å². The molecule has 2 heterocycles. The van der Waals surface area contributed by atoms with Gasteiger partial charge < -0.3 is 16.4 Å². The number of nitrogens with one attached hydrogen (secondary N) is 2. The number of benzene rings is 1. The monoisotopic (exact) mass is 523 g/mol. The van der Waals surface area contributed by atoms with Crippen LogP contribution in [0.15, 0.2) is 18.3 Å². The van der Waals surface area contributed by atoms with Gasteiger partial charge in [0.25, 0.3) is 0 Å². The standard InChI is InChI=1S/C24H26F5N7O/c25-13-9-16(26)19(17(27)10-13)34-23-33-18-11-31-22(32-14-5-7-24(28,29)8-6-14)35-21(18)36(23)15-3-1-12(2-4-15)20(30)37/h9-12,14-15H,1-8H2,(H2,30,37)(H,33,34)(H,31,32,35)/t12-,15+. The Bertz CT molecular complexity index is 1290. The Morgan fingerprint density at radius 1 is 1.00 bits per heavy atom. The number of hydrogen-bond donors (Lipinski definition) is 3. The number of amides is 1. The molecule has 0 saturated heterocycles. The Kier molecular flexibility index (Phi) is 6.63. The number of imidazole rings is 1. The van der Waals surface area contributed by atoms with Crippen LogP contribution in [-0.2, 0) is 4.79 Å². The molecule has 5 rings (SSSR count). The largest absolute Gasteiger partial charge is 0.369 e. The summed E-state index contributed by atoms with van der Waals surface area (Å²) in [5.74, 6) is -6.34. The zero-order valence-electron chi connectivity index (χ0n) is 19.8. The highest BCUT2D eigenvalue weighted by molar-refractivity contribution is 5.78. The SMILES string of the molecule is NC(=O)[C@H]1CC[C@@H](n2c(Nc3c(F)cc(F)cc3F)nc3cnc(NC4CCC(F)(F)CC4)nc32)CC1. The van der Waals surface area contributed by atoms with Crippen molar-refractivity contribution in [2.75, 3.05) is 10.6 Å². The topological polar surface area (TPSA) is 111 Å². The molecule has 0 atom stereocenters. The third-order valence-corrected chi connectivity index (χ3v) is 7.19. The number of aromatic nitrogens is 4. The molecule has 2 fully saturated rings. The van der Waals surface area contributed by atoms with Gasteiger partial charge in [0.2, 0.25) is 23.7 Å². The summed E-state index contributed by atoms with van der Waals surface area (Å²) in [6.07, 6.45) is 3.63. The van der Waals surface area contributed by atoms with Gasteiger partial charge in [0.15, 0.2) is 17.3 Å². The Morgan fingerprint density at radius 3 is 2.27 bits per heavy atom. The number of anilines is 3. The van der Waals surface area contributed by atoms with Crippen LogP contribution < -0.4 is 16.4 Å². The average molecular weight is 524 g/mol. The molecule has 0 unspecified atom stereocenters. The van der Waals surface area contributed by atoms with E-state index in [1.807, 2.05) is 0 Å². The summed E-state index contributed by atoms with van der Waals surface area (Å²) in [6.45, 7) is 0. The van der Waals surface area contributed by atoms with Gasteiger partial charge in [-0.3, -0.25) is 9.36 Å². The molecule has 13 heteroatoms. The molecular formula is C24H26F5N7O. The van der Waals surface area contributed by atoms with E-state index in [1.165, 1.54) is 6.20 Å². The van der Waals surface area contributed by atoms with Crippen molar-refractivity contribution in [2.24, 2.45) is 11.7 Å². The predicted molar refractivity (Wildman–Crippen MR) is 126 cm³/mol. The van der Waals surface area contributed by atoms with Crippen molar-refractivity contribution >= 4 is 34.7 Å². The number of halogens is 5. The normalized spacial score (nSPS) is 22.2. The molecule has 198 valence electrons. The average Bonchev–Trinajstić information content (AvgIpc) is 3.20. The first kappa shape index (κ1) is 25.2. The van der Waals surface area contributed by atoms with E-state index < -0.39 is 29.1 Å². The van der Waals surface area contributed by atoms with Crippen molar-refractivity contribution in [1.29, 1.82) is 0 Å². The molecule has 1 amide bonds. The highest BCUT2D eigenvalue weighted by Gasteiger charge is 2.35. The summed E-state index contributed by atoms with van der Waals surface area (Å²) in [5.41, 5.74) is 5.60. The van der Waals surface area contributed by atoms with E-state index in [1.54, 1.807) is 4.57 Å². The second-order valence-electron chi connectivity index (χ2n) is 9.76. The lowest BCUT2D eigenvalue weighted by Crippen LogP contribution is -2.32. The minimum absolute atomic E-state index is 0.0747. The van der Waals surface area contributed by atoms with E-state index in [0.29, 0.717) is 49.0 Å². The molecule has 8 nitrogen and oxygen atoms in total. The molecule has 2 saturated carbocycles. The molecule has 0 radical (unpaired) electrons. The van der Waals surface area contributed by atoms with E-state index in [0.717, 1.165) is 0 Å². The summed E-state index contributed by atoms with van der Waals surface area (Å²) < 4.78 is 71.1. The third kappa shape index (κ3) is 5.30. The fourth-order valence-corrected chi connectivity index (χ4v) is 5.15. The lowest BCUT2D eigenvalue weighted by Gasteiger charge is -2.29. The van der Waals surface area contributed by atoms with Gasteiger partial charge in [-0.05, 0) is 38.5 Å². The Labute approximate surface area is 208 Å². The van der Waals surface area contributed by atoms with Crippen LogP contribution in [0.3, 0.4) is 0 Å². The lowest BCUT2D eigenvalue weighted by molar-refractivity contribution is -0.122. The fraction of sp³-hybridized carbons (Fsp3) is 0.500. The van der Waals surface area contributed by atoms with Gasteiger partial charge in [-0.15, -0.1) is 0 Å². The molecule has 0 aliphatic heterocycles. The van der Waals surface area contributed by atoms with E-state index in [2.05, 4.69) is 25.6 Å². The van der Waals surface area contributed by atoms with Gasteiger partial charge in [0.1, 0.15) is 17.0 Å². The number of rotatable bonds is 6. The van der Waals surface area contributed by atoms with Crippen LogP contribution in [-0.4, -0.2) is 37.4 Å². The maximum atomic E-state index is 14.4. The molecule has 0 spiro atoms.